The van der Waals surface area contributed by atoms with E-state index in [0.29, 0.717) is 51.6 Å². The lowest BCUT2D eigenvalue weighted by atomic mass is 10.1. The zero-order valence-electron chi connectivity index (χ0n) is 18.1. The number of Topliss-reactive ketones (excluding diaryl/α,β-unsaturated/α-hetero) is 1. The van der Waals surface area contributed by atoms with Crippen LogP contribution in [-0.2, 0) is 19.2 Å². The summed E-state index contributed by atoms with van der Waals surface area (Å²) in [7, 11) is 0. The maximum absolute atomic E-state index is 11.6. The maximum atomic E-state index is 11.6. The van der Waals surface area contributed by atoms with Gasteiger partial charge in [0.15, 0.2) is 0 Å². The van der Waals surface area contributed by atoms with Gasteiger partial charge in [-0.15, -0.1) is 0 Å². The molecule has 0 atom stereocenters. The average Bonchev–Trinajstić information content (AvgIpc) is 2.66. The van der Waals surface area contributed by atoms with E-state index in [0.717, 1.165) is 38.5 Å². The lowest BCUT2D eigenvalue weighted by Gasteiger charge is -2.06. The predicted octanol–water partition coefficient (Wildman–Crippen LogP) is 3.00. The summed E-state index contributed by atoms with van der Waals surface area (Å²) in [4.78, 5) is 44.5. The minimum atomic E-state index is -0.324. The first-order valence-corrected chi connectivity index (χ1v) is 10.7. The van der Waals surface area contributed by atoms with E-state index >= 15 is 0 Å². The van der Waals surface area contributed by atoms with Crippen LogP contribution >= 0.6 is 0 Å². The number of rotatable bonds is 17. The van der Waals surface area contributed by atoms with Gasteiger partial charge in [-0.25, -0.2) is 0 Å². The van der Waals surface area contributed by atoms with Crippen molar-refractivity contribution in [1.29, 1.82) is 0 Å². The minimum Gasteiger partial charge on any atom is -0.370 e. The zero-order chi connectivity index (χ0) is 21.6. The molecule has 0 aliphatic carbocycles. The number of carbonyl (C=O) groups is 4. The second-order valence-electron chi connectivity index (χ2n) is 6.70. The summed E-state index contributed by atoms with van der Waals surface area (Å²) in [5.41, 5.74) is 5.04. The third-order valence-electron chi connectivity index (χ3n) is 4.01. The molecule has 0 unspecified atom stereocenters. The second-order valence-corrected chi connectivity index (χ2v) is 6.70. The molecule has 0 aliphatic rings. The number of nitrogens with two attached hydrogens (primary N) is 1. The van der Waals surface area contributed by atoms with E-state index in [9.17, 15) is 19.2 Å². The SMILES string of the molecule is CC.CC(=O)CCCCC(=O)NCCCCCCNC(=O)CCCCC(N)=O. The molecular weight excluding hydrogens is 358 g/mol. The van der Waals surface area contributed by atoms with Gasteiger partial charge < -0.3 is 21.2 Å². The van der Waals surface area contributed by atoms with Gasteiger partial charge in [0.2, 0.25) is 17.7 Å². The molecular formula is C21H41N3O4. The summed E-state index contributed by atoms with van der Waals surface area (Å²) in [6.07, 6.45) is 8.56. The Morgan fingerprint density at radius 1 is 0.607 bits per heavy atom. The van der Waals surface area contributed by atoms with Crippen LogP contribution in [0, 0.1) is 0 Å². The lowest BCUT2D eigenvalue weighted by molar-refractivity contribution is -0.122. The summed E-state index contributed by atoms with van der Waals surface area (Å²) in [5.74, 6) is -0.0806. The smallest absolute Gasteiger partial charge is 0.219 e. The van der Waals surface area contributed by atoms with Gasteiger partial charge in [0, 0.05) is 38.8 Å². The van der Waals surface area contributed by atoms with Gasteiger partial charge in [-0.05, 0) is 45.4 Å². The predicted molar refractivity (Wildman–Crippen MR) is 113 cm³/mol. The quantitative estimate of drug-likeness (QED) is 0.326. The lowest BCUT2D eigenvalue weighted by Crippen LogP contribution is -2.25. The Morgan fingerprint density at radius 3 is 1.39 bits per heavy atom. The number of carbonyl (C=O) groups excluding carboxylic acids is 4. The Kier molecular flexibility index (Phi) is 21.6. The molecule has 0 saturated heterocycles. The molecule has 0 spiro atoms. The molecule has 0 aromatic carbocycles. The Morgan fingerprint density at radius 2 is 1.00 bits per heavy atom. The van der Waals surface area contributed by atoms with Crippen LogP contribution in [0.3, 0.4) is 0 Å². The van der Waals surface area contributed by atoms with Crippen molar-refractivity contribution >= 4 is 23.5 Å². The van der Waals surface area contributed by atoms with Crippen LogP contribution in [0.25, 0.3) is 0 Å². The highest BCUT2D eigenvalue weighted by Crippen LogP contribution is 2.02. The van der Waals surface area contributed by atoms with E-state index in [1.54, 1.807) is 6.92 Å². The van der Waals surface area contributed by atoms with Gasteiger partial charge in [0.25, 0.3) is 0 Å². The van der Waals surface area contributed by atoms with Crippen molar-refractivity contribution in [1.82, 2.24) is 10.6 Å². The molecule has 0 aromatic rings. The molecule has 4 N–H and O–H groups in total. The standard InChI is InChI=1S/C19H35N3O4.C2H6/c1-16(23)10-4-6-12-18(25)21-14-8-2-3-9-15-22-19(26)13-7-5-11-17(20)24;1-2/h2-15H2,1H3,(H2,20,24)(H,21,25)(H,22,26);1-2H3. The van der Waals surface area contributed by atoms with Crippen LogP contribution in [0.1, 0.15) is 97.8 Å². The summed E-state index contributed by atoms with van der Waals surface area (Å²) >= 11 is 0. The van der Waals surface area contributed by atoms with Crippen LogP contribution in [0.2, 0.25) is 0 Å². The Balaban J connectivity index is 0. The van der Waals surface area contributed by atoms with Crippen molar-refractivity contribution in [3.05, 3.63) is 0 Å². The van der Waals surface area contributed by atoms with Crippen LogP contribution in [0.5, 0.6) is 0 Å². The fraction of sp³-hybridized carbons (Fsp3) is 0.810. The first-order chi connectivity index (χ1) is 13.4. The first-order valence-electron chi connectivity index (χ1n) is 10.7. The summed E-state index contributed by atoms with van der Waals surface area (Å²) in [6.45, 7) is 6.91. The highest BCUT2D eigenvalue weighted by Gasteiger charge is 2.03. The highest BCUT2D eigenvalue weighted by atomic mass is 16.2. The molecule has 7 nitrogen and oxygen atoms in total. The number of unbranched alkanes of at least 4 members (excludes halogenated alkanes) is 5. The topological polar surface area (TPSA) is 118 Å². The molecule has 0 bridgehead atoms. The number of ketones is 1. The third-order valence-corrected chi connectivity index (χ3v) is 4.01. The zero-order valence-corrected chi connectivity index (χ0v) is 18.1. The van der Waals surface area contributed by atoms with E-state index in [-0.39, 0.29) is 23.5 Å². The molecule has 0 rings (SSSR count). The van der Waals surface area contributed by atoms with Gasteiger partial charge in [0.1, 0.15) is 5.78 Å². The van der Waals surface area contributed by atoms with E-state index < -0.39 is 0 Å². The summed E-state index contributed by atoms with van der Waals surface area (Å²) in [6, 6.07) is 0. The van der Waals surface area contributed by atoms with Gasteiger partial charge in [-0.2, -0.15) is 0 Å². The number of amides is 3. The fourth-order valence-corrected chi connectivity index (χ4v) is 2.48. The van der Waals surface area contributed by atoms with E-state index in [4.69, 9.17) is 5.73 Å². The number of hydrogen-bond acceptors (Lipinski definition) is 4. The summed E-state index contributed by atoms with van der Waals surface area (Å²) < 4.78 is 0. The van der Waals surface area contributed by atoms with Crippen molar-refractivity contribution in [2.45, 2.75) is 97.8 Å². The summed E-state index contributed by atoms with van der Waals surface area (Å²) in [5, 5.41) is 5.76. The van der Waals surface area contributed by atoms with E-state index in [1.807, 2.05) is 13.8 Å². The van der Waals surface area contributed by atoms with Gasteiger partial charge >= 0.3 is 0 Å². The molecule has 7 heteroatoms. The van der Waals surface area contributed by atoms with Gasteiger partial charge in [-0.3, -0.25) is 14.4 Å². The van der Waals surface area contributed by atoms with Crippen molar-refractivity contribution in [3.8, 4) is 0 Å². The molecule has 0 fully saturated rings. The molecule has 164 valence electrons. The molecule has 28 heavy (non-hydrogen) atoms. The molecule has 3 amide bonds. The monoisotopic (exact) mass is 399 g/mol. The second kappa shape index (κ2) is 21.4. The number of nitrogens with one attached hydrogen (secondary N) is 2. The largest absolute Gasteiger partial charge is 0.370 e. The Bertz CT molecular complexity index is 399. The highest BCUT2D eigenvalue weighted by molar-refractivity contribution is 5.77. The average molecular weight is 400 g/mol. The maximum Gasteiger partial charge on any atom is 0.219 e. The normalized spacial score (nSPS) is 9.82. The first kappa shape index (κ1) is 28.3. The Labute approximate surface area is 170 Å². The van der Waals surface area contributed by atoms with E-state index in [2.05, 4.69) is 10.6 Å². The Hall–Kier alpha value is -1.92. The van der Waals surface area contributed by atoms with Gasteiger partial charge in [-0.1, -0.05) is 26.7 Å². The van der Waals surface area contributed by atoms with Crippen molar-refractivity contribution < 1.29 is 19.2 Å². The fourth-order valence-electron chi connectivity index (χ4n) is 2.48. The number of hydrogen-bond donors (Lipinski definition) is 3. The van der Waals surface area contributed by atoms with E-state index in [1.165, 1.54) is 0 Å². The van der Waals surface area contributed by atoms with Crippen LogP contribution in [0.4, 0.5) is 0 Å². The molecule has 0 saturated carbocycles. The van der Waals surface area contributed by atoms with Crippen LogP contribution in [-0.4, -0.2) is 36.6 Å². The van der Waals surface area contributed by atoms with Gasteiger partial charge in [0.05, 0.1) is 0 Å². The molecule has 0 radical (unpaired) electrons. The van der Waals surface area contributed by atoms with Crippen LogP contribution < -0.4 is 16.4 Å². The molecule has 0 aromatic heterocycles. The molecule has 0 heterocycles. The van der Waals surface area contributed by atoms with Crippen LogP contribution in [0.15, 0.2) is 0 Å². The molecule has 0 aliphatic heterocycles. The third kappa shape index (κ3) is 24.1. The van der Waals surface area contributed by atoms with Crippen molar-refractivity contribution in [2.75, 3.05) is 13.1 Å². The van der Waals surface area contributed by atoms with Crippen molar-refractivity contribution in [2.24, 2.45) is 5.73 Å². The number of primary amides is 1. The van der Waals surface area contributed by atoms with Crippen molar-refractivity contribution in [3.63, 3.8) is 0 Å². The minimum absolute atomic E-state index is 0.0199.